The number of sulfonamides is 1. The van der Waals surface area contributed by atoms with Crippen LogP contribution in [0.3, 0.4) is 0 Å². The van der Waals surface area contributed by atoms with Gasteiger partial charge in [-0.2, -0.15) is 21.3 Å². The van der Waals surface area contributed by atoms with Crippen molar-refractivity contribution in [3.8, 4) is 0 Å². The number of hydrogen-bond acceptors (Lipinski definition) is 7. The van der Waals surface area contributed by atoms with Crippen LogP contribution >= 0.6 is 0 Å². The number of benzene rings is 2. The maximum Gasteiger partial charge on any atom is 0.282 e. The monoisotopic (exact) mass is 686 g/mol. The van der Waals surface area contributed by atoms with Crippen molar-refractivity contribution in [3.05, 3.63) is 66.7 Å². The van der Waals surface area contributed by atoms with Gasteiger partial charge >= 0.3 is 0 Å². The Morgan fingerprint density at radius 3 is 1.89 bits per heavy atom. The topological polar surface area (TPSA) is 87.7 Å². The second kappa shape index (κ2) is 16.3. The molecule has 1 aliphatic carbocycles. The Labute approximate surface area is 283 Å². The first-order chi connectivity index (χ1) is 22.5. The smallest absolute Gasteiger partial charge is 0.282 e. The van der Waals surface area contributed by atoms with E-state index in [1.165, 1.54) is 36.4 Å². The predicted molar refractivity (Wildman–Crippen MR) is 192 cm³/mol. The van der Waals surface area contributed by atoms with Crippen LogP contribution in [0, 0.1) is 5.92 Å². The molecule has 0 unspecified atom stereocenters. The van der Waals surface area contributed by atoms with Crippen LogP contribution < -0.4 is 9.80 Å². The van der Waals surface area contributed by atoms with Crippen LogP contribution in [-0.2, 0) is 20.2 Å². The van der Waals surface area contributed by atoms with Gasteiger partial charge in [-0.1, -0.05) is 44.0 Å². The van der Waals surface area contributed by atoms with Gasteiger partial charge in [0.15, 0.2) is 0 Å². The molecular formula is C35H54N6O4S2. The number of hydrogen-bond donors (Lipinski definition) is 0. The molecule has 1 saturated carbocycles. The van der Waals surface area contributed by atoms with E-state index in [0.29, 0.717) is 57.2 Å². The average molecular weight is 687 g/mol. The van der Waals surface area contributed by atoms with Gasteiger partial charge in [0.2, 0.25) is 10.0 Å². The molecule has 0 radical (unpaired) electrons. The molecule has 5 rings (SSSR count). The molecule has 0 spiro atoms. The second-order valence-electron chi connectivity index (χ2n) is 13.6. The highest BCUT2D eigenvalue weighted by Gasteiger charge is 2.34. The molecule has 0 atom stereocenters. The Kier molecular flexibility index (Phi) is 12.4. The standard InChI is InChI=1S/C35H54N6O4S2/c1-31-28-40(46(42,43)35-18-16-33(17-19-35)36(2)3)22-10-20-37(30-32-12-6-4-7-13-32)21-11-23-41(29-31)47(44,45)39-26-24-38(25-27-39)34-14-8-5-9-15-34/h5,8-9,14-19,32H,1,4,6-7,10-13,20-30H2,2-3H3. The minimum atomic E-state index is -3.83. The average Bonchev–Trinajstić information content (AvgIpc) is 3.07. The van der Waals surface area contributed by atoms with Crippen molar-refractivity contribution in [1.82, 2.24) is 17.8 Å². The van der Waals surface area contributed by atoms with Gasteiger partial charge in [0, 0.05) is 84.4 Å². The third kappa shape index (κ3) is 9.36. The van der Waals surface area contributed by atoms with E-state index in [-0.39, 0.29) is 18.0 Å². The molecule has 3 aliphatic rings. The van der Waals surface area contributed by atoms with Gasteiger partial charge in [0.25, 0.3) is 10.2 Å². The minimum Gasteiger partial charge on any atom is -0.378 e. The lowest BCUT2D eigenvalue weighted by Crippen LogP contribution is -2.54. The van der Waals surface area contributed by atoms with Gasteiger partial charge in [-0.15, -0.1) is 0 Å². The molecule has 2 aliphatic heterocycles. The summed E-state index contributed by atoms with van der Waals surface area (Å²) in [6, 6.07) is 17.0. The van der Waals surface area contributed by atoms with E-state index >= 15 is 0 Å². The highest BCUT2D eigenvalue weighted by atomic mass is 32.2. The van der Waals surface area contributed by atoms with E-state index in [4.69, 9.17) is 0 Å². The largest absolute Gasteiger partial charge is 0.378 e. The van der Waals surface area contributed by atoms with E-state index in [2.05, 4.69) is 28.5 Å². The Bertz CT molecular complexity index is 1500. The van der Waals surface area contributed by atoms with Crippen LogP contribution in [0.2, 0.25) is 0 Å². The molecule has 260 valence electrons. The maximum absolute atomic E-state index is 14.2. The second-order valence-corrected chi connectivity index (χ2v) is 17.4. The van der Waals surface area contributed by atoms with Crippen molar-refractivity contribution in [1.29, 1.82) is 0 Å². The predicted octanol–water partition coefficient (Wildman–Crippen LogP) is 4.34. The molecular weight excluding hydrogens is 633 g/mol. The van der Waals surface area contributed by atoms with E-state index in [1.807, 2.05) is 49.3 Å². The van der Waals surface area contributed by atoms with E-state index < -0.39 is 20.2 Å². The molecule has 3 fully saturated rings. The molecule has 0 amide bonds. The molecule has 10 nitrogen and oxygen atoms in total. The van der Waals surface area contributed by atoms with Crippen LogP contribution in [-0.4, -0.2) is 121 Å². The van der Waals surface area contributed by atoms with Crippen molar-refractivity contribution in [3.63, 3.8) is 0 Å². The first kappa shape index (κ1) is 35.8. The lowest BCUT2D eigenvalue weighted by Gasteiger charge is -2.38. The van der Waals surface area contributed by atoms with E-state index in [9.17, 15) is 16.8 Å². The molecule has 2 aromatic rings. The Hall–Kier alpha value is -2.48. The summed E-state index contributed by atoms with van der Waals surface area (Å²) in [6.07, 6.45) is 7.73. The van der Waals surface area contributed by atoms with Gasteiger partial charge in [0.1, 0.15) is 0 Å². The molecule has 2 aromatic carbocycles. The van der Waals surface area contributed by atoms with Gasteiger partial charge < -0.3 is 14.7 Å². The minimum absolute atomic E-state index is 0.0776. The SMILES string of the molecule is C=C1CN(S(=O)(=O)c2ccc(N(C)C)cc2)CCCN(CC2CCCCC2)CCCN(S(=O)(=O)N2CCN(c3ccccc3)CC2)C1. The van der Waals surface area contributed by atoms with E-state index in [1.54, 1.807) is 20.7 Å². The number of nitrogens with zero attached hydrogens (tertiary/aromatic N) is 6. The third-order valence-corrected chi connectivity index (χ3v) is 13.6. The van der Waals surface area contributed by atoms with Crippen molar-refractivity contribution in [2.24, 2.45) is 5.92 Å². The number of anilines is 2. The molecule has 12 heteroatoms. The molecule has 2 heterocycles. The highest BCUT2D eigenvalue weighted by molar-refractivity contribution is 7.89. The summed E-state index contributed by atoms with van der Waals surface area (Å²) in [6.45, 7) is 9.72. The first-order valence-corrected chi connectivity index (χ1v) is 20.1. The van der Waals surface area contributed by atoms with Gasteiger partial charge in [-0.3, -0.25) is 0 Å². The Morgan fingerprint density at radius 1 is 0.681 bits per heavy atom. The van der Waals surface area contributed by atoms with Crippen molar-refractivity contribution >= 4 is 31.6 Å². The number of piperazine rings is 1. The van der Waals surface area contributed by atoms with Crippen molar-refractivity contribution < 1.29 is 16.8 Å². The Morgan fingerprint density at radius 2 is 1.28 bits per heavy atom. The normalized spacial score (nSPS) is 21.7. The fourth-order valence-electron chi connectivity index (χ4n) is 7.12. The first-order valence-electron chi connectivity index (χ1n) is 17.3. The fourth-order valence-corrected chi connectivity index (χ4v) is 10.3. The summed E-state index contributed by atoms with van der Waals surface area (Å²) in [5.74, 6) is 0.646. The van der Waals surface area contributed by atoms with Gasteiger partial charge in [0.05, 0.1) is 4.90 Å². The highest BCUT2D eigenvalue weighted by Crippen LogP contribution is 2.26. The Balaban J connectivity index is 1.34. The summed E-state index contributed by atoms with van der Waals surface area (Å²) < 4.78 is 61.0. The summed E-state index contributed by atoms with van der Waals surface area (Å²) >= 11 is 0. The summed E-state index contributed by atoms with van der Waals surface area (Å²) in [5.41, 5.74) is 2.59. The molecule has 47 heavy (non-hydrogen) atoms. The molecule has 0 N–H and O–H groups in total. The molecule has 0 aromatic heterocycles. The fraction of sp³-hybridized carbons (Fsp3) is 0.600. The quantitative estimate of drug-likeness (QED) is 0.382. The number of rotatable bonds is 8. The van der Waals surface area contributed by atoms with Crippen LogP contribution in [0.4, 0.5) is 11.4 Å². The lowest BCUT2D eigenvalue weighted by atomic mass is 9.89. The summed E-state index contributed by atoms with van der Waals surface area (Å²) in [4.78, 5) is 6.85. The van der Waals surface area contributed by atoms with Gasteiger partial charge in [-0.05, 0) is 86.7 Å². The van der Waals surface area contributed by atoms with Crippen molar-refractivity contribution in [2.45, 2.75) is 49.8 Å². The molecule has 0 bridgehead atoms. The van der Waals surface area contributed by atoms with E-state index in [0.717, 1.165) is 37.4 Å². The van der Waals surface area contributed by atoms with Crippen LogP contribution in [0.15, 0.2) is 71.6 Å². The lowest BCUT2D eigenvalue weighted by molar-refractivity contribution is 0.187. The molecule has 2 saturated heterocycles. The maximum atomic E-state index is 14.2. The zero-order chi connectivity index (χ0) is 33.4. The zero-order valence-electron chi connectivity index (χ0n) is 28.3. The summed E-state index contributed by atoms with van der Waals surface area (Å²) in [7, 11) is -3.77. The van der Waals surface area contributed by atoms with Crippen LogP contribution in [0.25, 0.3) is 0 Å². The number of para-hydroxylation sites is 1. The zero-order valence-corrected chi connectivity index (χ0v) is 30.0. The summed E-state index contributed by atoms with van der Waals surface area (Å²) in [5, 5.41) is 0. The third-order valence-electron chi connectivity index (χ3n) is 9.81. The van der Waals surface area contributed by atoms with Gasteiger partial charge in [-0.25, -0.2) is 8.42 Å². The van der Waals surface area contributed by atoms with Crippen molar-refractivity contribution in [2.75, 3.05) is 95.9 Å². The van der Waals surface area contributed by atoms with Crippen LogP contribution in [0.1, 0.15) is 44.9 Å². The van der Waals surface area contributed by atoms with Crippen LogP contribution in [0.5, 0.6) is 0 Å².